The number of hydrogen-bond acceptors (Lipinski definition) is 5. The summed E-state index contributed by atoms with van der Waals surface area (Å²) in [5, 5.41) is 5.96. The van der Waals surface area contributed by atoms with Crippen LogP contribution in [-0.4, -0.2) is 49.3 Å². The van der Waals surface area contributed by atoms with Gasteiger partial charge in [-0.1, -0.05) is 18.2 Å². The number of rotatable bonds is 6. The van der Waals surface area contributed by atoms with Gasteiger partial charge in [0.2, 0.25) is 5.91 Å². The summed E-state index contributed by atoms with van der Waals surface area (Å²) in [6.07, 6.45) is 1.26. The van der Waals surface area contributed by atoms with Gasteiger partial charge in [0, 0.05) is 12.0 Å². The zero-order valence-electron chi connectivity index (χ0n) is 16.8. The Morgan fingerprint density at radius 1 is 0.935 bits per heavy atom. The number of ether oxygens (including phenoxy) is 3. The van der Waals surface area contributed by atoms with Gasteiger partial charge in [0.25, 0.3) is 5.91 Å². The molecule has 2 amide bonds. The second-order valence-corrected chi connectivity index (χ2v) is 8.12. The van der Waals surface area contributed by atoms with Crippen molar-refractivity contribution in [3.63, 3.8) is 0 Å². The fourth-order valence-corrected chi connectivity index (χ4v) is 4.04. The standard InChI is InChI=1S/C23H23FN2O5/c24-14-4-3-5-15(10-14)31-19-7-2-1-6-16(19)23(28)26-18-12-30-20-17(11-29-21(18)20)25-22(27)13-8-9-13/h1-7,10,13,17-18,20-21H,8-9,11-12H2,(H,25,27)(H,26,28). The molecule has 0 spiro atoms. The number of benzene rings is 2. The van der Waals surface area contributed by atoms with Gasteiger partial charge in [0.1, 0.15) is 29.5 Å². The Bertz CT molecular complexity index is 995. The van der Waals surface area contributed by atoms with Crippen LogP contribution in [0.1, 0.15) is 23.2 Å². The smallest absolute Gasteiger partial charge is 0.255 e. The summed E-state index contributed by atoms with van der Waals surface area (Å²) in [4.78, 5) is 25.1. The van der Waals surface area contributed by atoms with Crippen molar-refractivity contribution in [3.05, 3.63) is 59.9 Å². The second kappa shape index (κ2) is 8.28. The van der Waals surface area contributed by atoms with Gasteiger partial charge in [0.15, 0.2) is 0 Å². The number of fused-ring (bicyclic) bond motifs is 1. The van der Waals surface area contributed by atoms with E-state index in [1.165, 1.54) is 12.1 Å². The Morgan fingerprint density at radius 2 is 1.65 bits per heavy atom. The van der Waals surface area contributed by atoms with Gasteiger partial charge in [-0.3, -0.25) is 9.59 Å². The minimum atomic E-state index is -0.421. The zero-order valence-corrected chi connectivity index (χ0v) is 16.8. The number of carbonyl (C=O) groups is 2. The van der Waals surface area contributed by atoms with E-state index in [1.807, 2.05) is 0 Å². The first kappa shape index (κ1) is 20.0. The molecule has 162 valence electrons. The van der Waals surface area contributed by atoms with Crippen molar-refractivity contribution in [3.8, 4) is 11.5 Å². The fraction of sp³-hybridized carbons (Fsp3) is 0.391. The number of nitrogens with one attached hydrogen (secondary N) is 2. The SMILES string of the molecule is O=C(NC1COC2C(NC(=O)C3CC3)COC12)c1ccccc1Oc1cccc(F)c1. The van der Waals surface area contributed by atoms with Crippen molar-refractivity contribution in [2.75, 3.05) is 13.2 Å². The van der Waals surface area contributed by atoms with Gasteiger partial charge in [-0.15, -0.1) is 0 Å². The first-order valence-corrected chi connectivity index (χ1v) is 10.5. The topological polar surface area (TPSA) is 85.9 Å². The Balaban J connectivity index is 1.24. The summed E-state index contributed by atoms with van der Waals surface area (Å²) in [5.41, 5.74) is 0.326. The molecule has 2 saturated heterocycles. The highest BCUT2D eigenvalue weighted by Crippen LogP contribution is 2.32. The van der Waals surface area contributed by atoms with E-state index in [9.17, 15) is 14.0 Å². The molecule has 0 radical (unpaired) electrons. The van der Waals surface area contributed by atoms with Gasteiger partial charge >= 0.3 is 0 Å². The van der Waals surface area contributed by atoms with E-state index in [1.54, 1.807) is 36.4 Å². The van der Waals surface area contributed by atoms with Crippen LogP contribution in [-0.2, 0) is 14.3 Å². The van der Waals surface area contributed by atoms with Crippen LogP contribution in [0.25, 0.3) is 0 Å². The molecule has 2 heterocycles. The molecule has 3 aliphatic rings. The molecule has 31 heavy (non-hydrogen) atoms. The highest BCUT2D eigenvalue weighted by molar-refractivity contribution is 5.97. The molecule has 5 rings (SSSR count). The average molecular weight is 426 g/mol. The van der Waals surface area contributed by atoms with E-state index in [-0.39, 0.29) is 42.0 Å². The van der Waals surface area contributed by atoms with Crippen LogP contribution in [0, 0.1) is 11.7 Å². The number of hydrogen-bond donors (Lipinski definition) is 2. The van der Waals surface area contributed by atoms with Crippen LogP contribution in [0.4, 0.5) is 4.39 Å². The summed E-state index contributed by atoms with van der Waals surface area (Å²) in [5.74, 6) is 0.0331. The molecule has 2 N–H and O–H groups in total. The molecule has 1 saturated carbocycles. The first-order valence-electron chi connectivity index (χ1n) is 10.5. The Labute approximate surface area is 178 Å². The maximum absolute atomic E-state index is 13.5. The quantitative estimate of drug-likeness (QED) is 0.741. The van der Waals surface area contributed by atoms with Crippen molar-refractivity contribution in [1.82, 2.24) is 10.6 Å². The van der Waals surface area contributed by atoms with Crippen molar-refractivity contribution < 1.29 is 28.2 Å². The third-order valence-electron chi connectivity index (χ3n) is 5.80. The van der Waals surface area contributed by atoms with E-state index in [0.29, 0.717) is 30.3 Å². The molecule has 2 aliphatic heterocycles. The van der Waals surface area contributed by atoms with Gasteiger partial charge in [0.05, 0.1) is 30.9 Å². The summed E-state index contributed by atoms with van der Waals surface area (Å²) in [6.45, 7) is 0.656. The van der Waals surface area contributed by atoms with Crippen LogP contribution < -0.4 is 15.4 Å². The Kier molecular flexibility index (Phi) is 5.33. The van der Waals surface area contributed by atoms with Gasteiger partial charge in [-0.05, 0) is 37.1 Å². The molecule has 0 bridgehead atoms. The lowest BCUT2D eigenvalue weighted by molar-refractivity contribution is -0.123. The molecule has 2 aromatic carbocycles. The lowest BCUT2D eigenvalue weighted by atomic mass is 10.1. The molecule has 1 aliphatic carbocycles. The van der Waals surface area contributed by atoms with Crippen molar-refractivity contribution >= 4 is 11.8 Å². The van der Waals surface area contributed by atoms with Crippen LogP contribution in [0.2, 0.25) is 0 Å². The highest BCUT2D eigenvalue weighted by Gasteiger charge is 2.49. The number of halogens is 1. The molecule has 4 atom stereocenters. The molecular weight excluding hydrogens is 403 g/mol. The third kappa shape index (κ3) is 4.26. The lowest BCUT2D eigenvalue weighted by Crippen LogP contribution is -2.47. The monoisotopic (exact) mass is 426 g/mol. The summed E-state index contributed by atoms with van der Waals surface area (Å²) >= 11 is 0. The Morgan fingerprint density at radius 3 is 2.35 bits per heavy atom. The average Bonchev–Trinajstić information content (AvgIpc) is 3.43. The van der Waals surface area contributed by atoms with Crippen LogP contribution >= 0.6 is 0 Å². The largest absolute Gasteiger partial charge is 0.456 e. The van der Waals surface area contributed by atoms with Crippen molar-refractivity contribution in [2.24, 2.45) is 5.92 Å². The molecule has 7 nitrogen and oxygen atoms in total. The van der Waals surface area contributed by atoms with Gasteiger partial charge < -0.3 is 24.8 Å². The van der Waals surface area contributed by atoms with Gasteiger partial charge in [-0.2, -0.15) is 0 Å². The summed E-state index contributed by atoms with van der Waals surface area (Å²) in [7, 11) is 0. The van der Waals surface area contributed by atoms with Gasteiger partial charge in [-0.25, -0.2) is 4.39 Å². The molecule has 8 heteroatoms. The Hall–Kier alpha value is -2.97. The minimum absolute atomic E-state index is 0.0498. The van der Waals surface area contributed by atoms with Crippen LogP contribution in [0.3, 0.4) is 0 Å². The molecule has 4 unspecified atom stereocenters. The van der Waals surface area contributed by atoms with E-state index in [2.05, 4.69) is 10.6 Å². The van der Waals surface area contributed by atoms with E-state index in [4.69, 9.17) is 14.2 Å². The third-order valence-corrected chi connectivity index (χ3v) is 5.80. The van der Waals surface area contributed by atoms with E-state index < -0.39 is 5.82 Å². The predicted octanol–water partition coefficient (Wildman–Crippen LogP) is 2.41. The first-order chi connectivity index (χ1) is 15.1. The summed E-state index contributed by atoms with van der Waals surface area (Å²) in [6, 6.07) is 12.0. The second-order valence-electron chi connectivity index (χ2n) is 8.12. The number of carbonyl (C=O) groups excluding carboxylic acids is 2. The van der Waals surface area contributed by atoms with Crippen molar-refractivity contribution in [2.45, 2.75) is 37.1 Å². The molecule has 2 aromatic rings. The van der Waals surface area contributed by atoms with Crippen molar-refractivity contribution in [1.29, 1.82) is 0 Å². The summed E-state index contributed by atoms with van der Waals surface area (Å²) < 4.78 is 30.9. The predicted molar refractivity (Wildman–Crippen MR) is 108 cm³/mol. The molecule has 3 fully saturated rings. The minimum Gasteiger partial charge on any atom is -0.456 e. The number of amides is 2. The molecular formula is C23H23FN2O5. The zero-order chi connectivity index (χ0) is 21.4. The molecule has 0 aromatic heterocycles. The maximum Gasteiger partial charge on any atom is 0.255 e. The van der Waals surface area contributed by atoms with Crippen LogP contribution in [0.15, 0.2) is 48.5 Å². The fourth-order valence-electron chi connectivity index (χ4n) is 4.04. The lowest BCUT2D eigenvalue weighted by Gasteiger charge is -2.19. The number of para-hydroxylation sites is 1. The van der Waals surface area contributed by atoms with Crippen LogP contribution in [0.5, 0.6) is 11.5 Å². The van der Waals surface area contributed by atoms with E-state index >= 15 is 0 Å². The highest BCUT2D eigenvalue weighted by atomic mass is 19.1. The van der Waals surface area contributed by atoms with E-state index in [0.717, 1.165) is 12.8 Å². The normalized spacial score (nSPS) is 26.9. The maximum atomic E-state index is 13.5.